The van der Waals surface area contributed by atoms with Gasteiger partial charge in [-0.25, -0.2) is 19.9 Å². The molecule has 0 amide bonds. The average molecular weight is 609 g/mol. The molecule has 39 heavy (non-hydrogen) atoms. The monoisotopic (exact) mass is 607 g/mol. The van der Waals surface area contributed by atoms with Gasteiger partial charge in [-0.15, -0.1) is 0 Å². The number of piperidine rings is 2. The highest BCUT2D eigenvalue weighted by Crippen LogP contribution is 2.18. The van der Waals surface area contributed by atoms with E-state index < -0.39 is 0 Å². The minimum Gasteiger partial charge on any atom is -0.394 e. The topological polar surface area (TPSA) is 90.3 Å². The van der Waals surface area contributed by atoms with E-state index in [-0.39, 0.29) is 13.5 Å². The van der Waals surface area contributed by atoms with Crippen molar-refractivity contribution in [2.45, 2.75) is 86.7 Å². The van der Waals surface area contributed by atoms with Crippen LogP contribution in [0.4, 0.5) is 5.82 Å². The van der Waals surface area contributed by atoms with Gasteiger partial charge in [0.25, 0.3) is 0 Å². The summed E-state index contributed by atoms with van der Waals surface area (Å²) in [4.78, 5) is 19.9. The zero-order chi connectivity index (χ0) is 28.6. The Balaban J connectivity index is 0. The van der Waals surface area contributed by atoms with Crippen LogP contribution in [0.15, 0.2) is 24.8 Å². The molecule has 0 atom stereocenters. The maximum absolute atomic E-state index is 8.06. The van der Waals surface area contributed by atoms with Crippen LogP contribution in [-0.2, 0) is 0 Å². The van der Waals surface area contributed by atoms with Crippen LogP contribution in [0.3, 0.4) is 0 Å². The predicted octanol–water partition coefficient (Wildman–Crippen LogP) is 7.03. The maximum atomic E-state index is 8.06. The zero-order valence-corrected chi connectivity index (χ0v) is 26.1. The van der Waals surface area contributed by atoms with Crippen molar-refractivity contribution in [2.75, 3.05) is 50.7 Å². The molecule has 4 rings (SSSR count). The number of nitrogens with zero attached hydrogens (tertiary/aromatic N) is 6. The first kappa shape index (κ1) is 39.9. The van der Waals surface area contributed by atoms with Crippen LogP contribution >= 0.6 is 34.8 Å². The lowest BCUT2D eigenvalue weighted by atomic mass is 10.1. The van der Waals surface area contributed by atoms with E-state index in [2.05, 4.69) is 55.8 Å². The molecule has 2 aliphatic heterocycles. The minimum absolute atomic E-state index is 0. The molecule has 226 valence electrons. The Kier molecular flexibility index (Phi) is 27.5. The number of aliphatic hydroxyl groups is 1. The fraction of sp³-hybridized carbons (Fsp3) is 0.714. The Bertz CT molecular complexity index is 767. The predicted molar refractivity (Wildman–Crippen MR) is 169 cm³/mol. The first-order valence-corrected chi connectivity index (χ1v) is 14.8. The molecule has 0 radical (unpaired) electrons. The second-order valence-electron chi connectivity index (χ2n) is 8.93. The lowest BCUT2D eigenvalue weighted by molar-refractivity contribution is 0.216. The minimum atomic E-state index is -0.167. The summed E-state index contributed by atoms with van der Waals surface area (Å²) in [5.41, 5.74) is 0. The Labute approximate surface area is 252 Å². The first-order chi connectivity index (χ1) is 18.2. The van der Waals surface area contributed by atoms with Crippen LogP contribution in [0.2, 0.25) is 15.5 Å². The highest BCUT2D eigenvalue weighted by molar-refractivity contribution is 6.33. The van der Waals surface area contributed by atoms with Crippen LogP contribution in [0.1, 0.15) is 80.6 Å². The van der Waals surface area contributed by atoms with Crippen LogP contribution < -0.4 is 10.2 Å². The Morgan fingerprint density at radius 3 is 1.46 bits per heavy atom. The highest BCUT2D eigenvalue weighted by atomic mass is 35.5. The summed E-state index contributed by atoms with van der Waals surface area (Å²) < 4.78 is 0. The molecule has 2 fully saturated rings. The number of nitrogens with one attached hydrogen (secondary N) is 1. The summed E-state index contributed by atoms with van der Waals surface area (Å²) in [6.07, 6.45) is 10.7. The van der Waals surface area contributed by atoms with Gasteiger partial charge in [0.1, 0.15) is 33.9 Å². The van der Waals surface area contributed by atoms with E-state index in [0.717, 1.165) is 18.9 Å². The lowest BCUT2D eigenvalue weighted by Crippen LogP contribution is -2.30. The van der Waals surface area contributed by atoms with E-state index >= 15 is 0 Å². The summed E-state index contributed by atoms with van der Waals surface area (Å²) in [6, 6.07) is 3.30. The summed E-state index contributed by atoms with van der Waals surface area (Å²) in [5.74, 6) is 0.958. The molecule has 0 saturated carbocycles. The number of halogens is 3. The molecule has 2 aliphatic rings. The fourth-order valence-corrected chi connectivity index (χ4v) is 3.90. The molecule has 2 aromatic rings. The Hall–Kier alpha value is -1.29. The molecule has 2 N–H and O–H groups in total. The molecule has 0 bridgehead atoms. The summed E-state index contributed by atoms with van der Waals surface area (Å²) >= 11 is 16.6. The molecule has 8 nitrogen and oxygen atoms in total. The first-order valence-electron chi connectivity index (χ1n) is 13.7. The largest absolute Gasteiger partial charge is 0.394 e. The van der Waals surface area contributed by atoms with E-state index in [0.29, 0.717) is 15.5 Å². The van der Waals surface area contributed by atoms with E-state index in [1.807, 2.05) is 6.07 Å². The highest BCUT2D eigenvalue weighted by Gasteiger charge is 2.11. The van der Waals surface area contributed by atoms with Gasteiger partial charge in [-0.2, -0.15) is 0 Å². The van der Waals surface area contributed by atoms with Gasteiger partial charge in [0.05, 0.1) is 0 Å². The molecule has 0 aromatic carbocycles. The van der Waals surface area contributed by atoms with Crippen molar-refractivity contribution in [3.05, 3.63) is 40.2 Å². The molecule has 0 unspecified atom stereocenters. The quantitative estimate of drug-likeness (QED) is 0.358. The van der Waals surface area contributed by atoms with Crippen molar-refractivity contribution < 1.29 is 5.11 Å². The van der Waals surface area contributed by atoms with E-state index in [1.165, 1.54) is 90.0 Å². The second-order valence-corrected chi connectivity index (χ2v) is 10.1. The molecule has 0 aliphatic carbocycles. The summed E-state index contributed by atoms with van der Waals surface area (Å²) in [6.45, 7) is 18.3. The number of hydrogen-bond acceptors (Lipinski definition) is 8. The van der Waals surface area contributed by atoms with Gasteiger partial charge in [-0.1, -0.05) is 69.4 Å². The molecular weight excluding hydrogens is 557 g/mol. The van der Waals surface area contributed by atoms with Gasteiger partial charge in [0.2, 0.25) is 0 Å². The third kappa shape index (κ3) is 24.2. The van der Waals surface area contributed by atoms with E-state index in [1.54, 1.807) is 13.8 Å². The van der Waals surface area contributed by atoms with Crippen molar-refractivity contribution in [1.82, 2.24) is 30.2 Å². The summed E-state index contributed by atoms with van der Waals surface area (Å²) in [5, 5.41) is 12.6. The van der Waals surface area contributed by atoms with Crippen molar-refractivity contribution >= 4 is 40.6 Å². The third-order valence-corrected chi connectivity index (χ3v) is 6.07. The number of hydrogen-bond donors (Lipinski definition) is 2. The normalized spacial score (nSPS) is 14.2. The van der Waals surface area contributed by atoms with E-state index in [4.69, 9.17) is 39.9 Å². The molecular formula is C28H52Cl3N7O. The van der Waals surface area contributed by atoms with E-state index in [9.17, 15) is 0 Å². The molecule has 2 saturated heterocycles. The lowest BCUT2D eigenvalue weighted by Gasteiger charge is -2.27. The van der Waals surface area contributed by atoms with Crippen molar-refractivity contribution in [3.63, 3.8) is 0 Å². The molecule has 4 heterocycles. The molecule has 0 spiro atoms. The fourth-order valence-electron chi connectivity index (χ4n) is 3.40. The van der Waals surface area contributed by atoms with Crippen molar-refractivity contribution in [2.24, 2.45) is 0 Å². The van der Waals surface area contributed by atoms with Crippen LogP contribution in [-0.4, -0.2) is 81.9 Å². The van der Waals surface area contributed by atoms with Crippen molar-refractivity contribution in [3.8, 4) is 0 Å². The summed E-state index contributed by atoms with van der Waals surface area (Å²) in [7, 11) is 0. The van der Waals surface area contributed by atoms with Gasteiger partial charge < -0.3 is 20.2 Å². The number of aromatic nitrogens is 4. The van der Waals surface area contributed by atoms with Gasteiger partial charge in [0, 0.05) is 31.3 Å². The molecule has 2 aromatic heterocycles. The van der Waals surface area contributed by atoms with Crippen LogP contribution in [0.5, 0.6) is 0 Å². The maximum Gasteiger partial charge on any atom is 0.134 e. The average Bonchev–Trinajstić information content (AvgIpc) is 2.92. The second kappa shape index (κ2) is 26.9. The standard InChI is InChI=1S/C9H12ClN3.C6H15N.C5H11N.C4H2Cl2N2.C3H8O.CH4/c10-8-6-9(12-7-11-8)13-4-2-1-3-5-13;1-4-7(5-2)6-3;1-2-4-6-5-3-1;5-3-1-4(6)8-2-7-3;1-3(2)4;/h6-7H,1-5H2;4-6H2,1-3H3;6H,1-5H2;1-2H;3-4H,1-2H3;1H4. The van der Waals surface area contributed by atoms with Crippen LogP contribution in [0, 0.1) is 0 Å². The van der Waals surface area contributed by atoms with Crippen LogP contribution in [0.25, 0.3) is 0 Å². The molecule has 11 heteroatoms. The Morgan fingerprint density at radius 2 is 1.18 bits per heavy atom. The van der Waals surface area contributed by atoms with Gasteiger partial charge in [-0.05, 0) is 78.7 Å². The smallest absolute Gasteiger partial charge is 0.134 e. The van der Waals surface area contributed by atoms with Gasteiger partial charge in [0.15, 0.2) is 0 Å². The third-order valence-electron chi connectivity index (χ3n) is 5.45. The van der Waals surface area contributed by atoms with Gasteiger partial charge in [-0.3, -0.25) is 0 Å². The van der Waals surface area contributed by atoms with Gasteiger partial charge >= 0.3 is 0 Å². The van der Waals surface area contributed by atoms with Crippen molar-refractivity contribution in [1.29, 1.82) is 0 Å². The Morgan fingerprint density at radius 1 is 0.769 bits per heavy atom. The number of anilines is 1. The zero-order valence-electron chi connectivity index (χ0n) is 23.8. The SMILES string of the molecule is C.C1CCNCC1.CC(C)O.CCN(CC)CC.Clc1cc(Cl)ncn1.Clc1cc(N2CCCCC2)ncn1. The number of aliphatic hydroxyl groups excluding tert-OH is 1. The number of rotatable bonds is 4.